The molecule has 2 N–H and O–H groups in total. The molecule has 0 radical (unpaired) electrons. The van der Waals surface area contributed by atoms with Gasteiger partial charge in [0.15, 0.2) is 0 Å². The summed E-state index contributed by atoms with van der Waals surface area (Å²) in [5, 5.41) is 22.5. The fraction of sp³-hybridized carbons (Fsp3) is 0.300. The van der Waals surface area contributed by atoms with E-state index in [2.05, 4.69) is 20.7 Å². The van der Waals surface area contributed by atoms with Crippen molar-refractivity contribution in [1.29, 1.82) is 0 Å². The summed E-state index contributed by atoms with van der Waals surface area (Å²) in [6.07, 6.45) is 4.52. The summed E-state index contributed by atoms with van der Waals surface area (Å²) in [7, 11) is 1.72. The normalized spacial score (nSPS) is 10.4. The molecule has 0 aliphatic carbocycles. The van der Waals surface area contributed by atoms with Crippen LogP contribution in [0.2, 0.25) is 0 Å². The second kappa shape index (κ2) is 5.29. The molecule has 9 heteroatoms. The van der Waals surface area contributed by atoms with Gasteiger partial charge in [-0.1, -0.05) is 5.21 Å². The Morgan fingerprint density at radius 2 is 2.21 bits per heavy atom. The lowest BCUT2D eigenvalue weighted by Gasteiger charge is -1.99. The lowest BCUT2D eigenvalue weighted by molar-refractivity contribution is -0.137. The van der Waals surface area contributed by atoms with E-state index in [1.54, 1.807) is 13.2 Å². The van der Waals surface area contributed by atoms with Gasteiger partial charge in [0.05, 0.1) is 24.5 Å². The van der Waals surface area contributed by atoms with Crippen LogP contribution in [0.4, 0.5) is 0 Å². The molecule has 19 heavy (non-hydrogen) atoms. The molecule has 2 rings (SSSR count). The van der Waals surface area contributed by atoms with Gasteiger partial charge in [0, 0.05) is 13.2 Å². The number of carboxylic acid groups (broad SMARTS) is 1. The van der Waals surface area contributed by atoms with E-state index in [0.29, 0.717) is 11.3 Å². The maximum atomic E-state index is 11.7. The molecule has 0 spiro atoms. The molecule has 0 unspecified atom stereocenters. The molecule has 100 valence electrons. The quantitative estimate of drug-likeness (QED) is 0.717. The van der Waals surface area contributed by atoms with Crippen molar-refractivity contribution in [2.24, 2.45) is 7.05 Å². The summed E-state index contributed by atoms with van der Waals surface area (Å²) in [5.74, 6) is -1.28. The molecule has 0 aliphatic heterocycles. The van der Waals surface area contributed by atoms with Gasteiger partial charge in [-0.3, -0.25) is 14.3 Å². The van der Waals surface area contributed by atoms with Crippen LogP contribution in [0.5, 0.6) is 0 Å². The van der Waals surface area contributed by atoms with Crippen LogP contribution in [0.15, 0.2) is 18.6 Å². The number of carbonyl (C=O) groups is 2. The minimum absolute atomic E-state index is 0.174. The standard InChI is InChI=1S/C10H12N6O3/c1-15-4-7(2-12-15)10(19)11-3-8-5-16(14-13-8)6-9(17)18/h2,4-5H,3,6H2,1H3,(H,11,19)(H,17,18). The number of nitrogens with zero attached hydrogens (tertiary/aromatic N) is 5. The SMILES string of the molecule is Cn1cc(C(=O)NCc2cn(CC(=O)O)nn2)cn1. The Hall–Kier alpha value is -2.71. The number of hydrogen-bond donors (Lipinski definition) is 2. The number of aromatic nitrogens is 5. The maximum Gasteiger partial charge on any atom is 0.325 e. The predicted molar refractivity (Wildman–Crippen MR) is 62.0 cm³/mol. The smallest absolute Gasteiger partial charge is 0.325 e. The van der Waals surface area contributed by atoms with E-state index in [1.807, 2.05) is 0 Å². The Bertz CT molecular complexity index is 602. The molecular formula is C10H12N6O3. The van der Waals surface area contributed by atoms with Crippen LogP contribution in [-0.2, 0) is 24.9 Å². The van der Waals surface area contributed by atoms with Crippen LogP contribution in [0.1, 0.15) is 16.1 Å². The minimum Gasteiger partial charge on any atom is -0.480 e. The molecule has 2 heterocycles. The Labute approximate surface area is 107 Å². The molecule has 2 aromatic rings. The highest BCUT2D eigenvalue weighted by molar-refractivity contribution is 5.93. The summed E-state index contributed by atoms with van der Waals surface area (Å²) in [5.41, 5.74) is 0.930. The third-order valence-electron chi connectivity index (χ3n) is 2.28. The van der Waals surface area contributed by atoms with Crippen molar-refractivity contribution in [3.05, 3.63) is 29.8 Å². The van der Waals surface area contributed by atoms with Gasteiger partial charge in [0.25, 0.3) is 5.91 Å². The first-order valence-corrected chi connectivity index (χ1v) is 5.42. The predicted octanol–water partition coefficient (Wildman–Crippen LogP) is -0.974. The van der Waals surface area contributed by atoms with Crippen molar-refractivity contribution in [1.82, 2.24) is 30.1 Å². The van der Waals surface area contributed by atoms with Crippen LogP contribution >= 0.6 is 0 Å². The van der Waals surface area contributed by atoms with E-state index in [4.69, 9.17) is 5.11 Å². The fourth-order valence-corrected chi connectivity index (χ4v) is 1.45. The molecule has 0 atom stereocenters. The van der Waals surface area contributed by atoms with Gasteiger partial charge < -0.3 is 10.4 Å². The molecule has 1 amide bonds. The summed E-state index contributed by atoms with van der Waals surface area (Å²) in [6.45, 7) is -0.0864. The number of hydrogen-bond acceptors (Lipinski definition) is 5. The van der Waals surface area contributed by atoms with Gasteiger partial charge in [0.2, 0.25) is 0 Å². The number of carboxylic acids is 1. The molecule has 0 saturated heterocycles. The summed E-state index contributed by atoms with van der Waals surface area (Å²) < 4.78 is 2.71. The molecule has 0 aliphatic rings. The molecular weight excluding hydrogens is 252 g/mol. The van der Waals surface area contributed by atoms with E-state index in [9.17, 15) is 9.59 Å². The van der Waals surface area contributed by atoms with E-state index in [1.165, 1.54) is 21.8 Å². The van der Waals surface area contributed by atoms with Gasteiger partial charge in [-0.05, 0) is 0 Å². The zero-order valence-corrected chi connectivity index (χ0v) is 10.1. The van der Waals surface area contributed by atoms with E-state index in [-0.39, 0.29) is 19.0 Å². The number of rotatable bonds is 5. The first-order valence-electron chi connectivity index (χ1n) is 5.42. The average Bonchev–Trinajstić information content (AvgIpc) is 2.94. The third-order valence-corrected chi connectivity index (χ3v) is 2.28. The molecule has 0 fully saturated rings. The highest BCUT2D eigenvalue weighted by atomic mass is 16.4. The third kappa shape index (κ3) is 3.37. The van der Waals surface area contributed by atoms with Crippen molar-refractivity contribution < 1.29 is 14.7 Å². The summed E-state index contributed by atoms with van der Waals surface area (Å²) in [4.78, 5) is 22.2. The molecule has 0 saturated carbocycles. The Morgan fingerprint density at radius 3 is 2.84 bits per heavy atom. The van der Waals surface area contributed by atoms with Crippen LogP contribution in [0, 0.1) is 0 Å². The number of aliphatic carboxylic acids is 1. The number of amides is 1. The highest BCUT2D eigenvalue weighted by Crippen LogP contribution is 1.98. The first kappa shape index (κ1) is 12.7. The van der Waals surface area contributed by atoms with Crippen LogP contribution < -0.4 is 5.32 Å². The van der Waals surface area contributed by atoms with Crippen molar-refractivity contribution in [3.63, 3.8) is 0 Å². The summed E-state index contributed by atoms with van der Waals surface area (Å²) in [6, 6.07) is 0. The molecule has 9 nitrogen and oxygen atoms in total. The Kier molecular flexibility index (Phi) is 3.55. The average molecular weight is 264 g/mol. The van der Waals surface area contributed by atoms with Crippen molar-refractivity contribution in [2.75, 3.05) is 0 Å². The number of nitrogens with one attached hydrogen (secondary N) is 1. The molecule has 2 aromatic heterocycles. The van der Waals surface area contributed by atoms with Gasteiger partial charge in [-0.2, -0.15) is 5.10 Å². The summed E-state index contributed by atoms with van der Waals surface area (Å²) >= 11 is 0. The maximum absolute atomic E-state index is 11.7. The van der Waals surface area contributed by atoms with Gasteiger partial charge >= 0.3 is 5.97 Å². The highest BCUT2D eigenvalue weighted by Gasteiger charge is 2.09. The minimum atomic E-state index is -1.00. The zero-order chi connectivity index (χ0) is 13.8. The van der Waals surface area contributed by atoms with Crippen molar-refractivity contribution >= 4 is 11.9 Å². The van der Waals surface area contributed by atoms with Gasteiger partial charge in [0.1, 0.15) is 12.2 Å². The van der Waals surface area contributed by atoms with E-state index < -0.39 is 5.97 Å². The number of carbonyl (C=O) groups excluding carboxylic acids is 1. The first-order chi connectivity index (χ1) is 9.04. The van der Waals surface area contributed by atoms with Gasteiger partial charge in [-0.15, -0.1) is 5.10 Å². The monoisotopic (exact) mass is 264 g/mol. The fourth-order valence-electron chi connectivity index (χ4n) is 1.45. The van der Waals surface area contributed by atoms with E-state index in [0.717, 1.165) is 0 Å². The Morgan fingerprint density at radius 1 is 1.42 bits per heavy atom. The molecule has 0 aromatic carbocycles. The van der Waals surface area contributed by atoms with Gasteiger partial charge in [-0.25, -0.2) is 4.68 Å². The largest absolute Gasteiger partial charge is 0.480 e. The number of aryl methyl sites for hydroxylation is 1. The molecule has 0 bridgehead atoms. The lowest BCUT2D eigenvalue weighted by Crippen LogP contribution is -2.22. The van der Waals surface area contributed by atoms with Crippen LogP contribution in [-0.4, -0.2) is 41.8 Å². The second-order valence-electron chi connectivity index (χ2n) is 3.89. The van der Waals surface area contributed by atoms with Crippen LogP contribution in [0.3, 0.4) is 0 Å². The zero-order valence-electron chi connectivity index (χ0n) is 10.1. The van der Waals surface area contributed by atoms with Crippen molar-refractivity contribution in [3.8, 4) is 0 Å². The van der Waals surface area contributed by atoms with E-state index >= 15 is 0 Å². The van der Waals surface area contributed by atoms with Crippen LogP contribution in [0.25, 0.3) is 0 Å². The second-order valence-corrected chi connectivity index (χ2v) is 3.89. The topological polar surface area (TPSA) is 115 Å². The Balaban J connectivity index is 1.90. The van der Waals surface area contributed by atoms with Crippen molar-refractivity contribution in [2.45, 2.75) is 13.1 Å². The lowest BCUT2D eigenvalue weighted by atomic mass is 10.3.